The summed E-state index contributed by atoms with van der Waals surface area (Å²) in [5.74, 6) is 1.27. The Morgan fingerprint density at radius 2 is 2.09 bits per heavy atom. The van der Waals surface area contributed by atoms with Gasteiger partial charge in [-0.1, -0.05) is 29.9 Å². The number of thioether (sulfide) groups is 1. The fourth-order valence-corrected chi connectivity index (χ4v) is 4.26. The zero-order valence-corrected chi connectivity index (χ0v) is 13.8. The summed E-state index contributed by atoms with van der Waals surface area (Å²) in [6, 6.07) is 4.92. The van der Waals surface area contributed by atoms with E-state index in [1.165, 1.54) is 17.8 Å². The van der Waals surface area contributed by atoms with Crippen LogP contribution in [0.15, 0.2) is 39.1 Å². The lowest BCUT2D eigenvalue weighted by molar-refractivity contribution is 0.421. The molecule has 1 atom stereocenters. The SMILES string of the molecule is C=C1c2c(oc(C)cc2=O)SCC1c1cc(Cl)cc(C)c1O. The maximum absolute atomic E-state index is 12.3. The van der Waals surface area contributed by atoms with Gasteiger partial charge in [0, 0.05) is 28.3 Å². The average Bonchev–Trinajstić information content (AvgIpc) is 2.42. The predicted octanol–water partition coefficient (Wildman–Crippen LogP) is 4.52. The molecule has 0 saturated heterocycles. The Balaban J connectivity index is 2.13. The van der Waals surface area contributed by atoms with Crippen LogP contribution >= 0.6 is 23.4 Å². The van der Waals surface area contributed by atoms with Crippen molar-refractivity contribution in [1.29, 1.82) is 0 Å². The largest absolute Gasteiger partial charge is 0.507 e. The summed E-state index contributed by atoms with van der Waals surface area (Å²) >= 11 is 7.58. The maximum atomic E-state index is 12.3. The van der Waals surface area contributed by atoms with Gasteiger partial charge < -0.3 is 9.52 Å². The van der Waals surface area contributed by atoms with Gasteiger partial charge in [0.2, 0.25) is 0 Å². The summed E-state index contributed by atoms with van der Waals surface area (Å²) in [5, 5.41) is 11.5. The van der Waals surface area contributed by atoms with E-state index in [1.54, 1.807) is 26.0 Å². The molecule has 1 aromatic carbocycles. The lowest BCUT2D eigenvalue weighted by Gasteiger charge is -2.26. The van der Waals surface area contributed by atoms with E-state index in [2.05, 4.69) is 6.58 Å². The molecule has 0 bridgehead atoms. The molecule has 1 unspecified atom stereocenters. The number of aromatic hydroxyl groups is 1. The maximum Gasteiger partial charge on any atom is 0.193 e. The van der Waals surface area contributed by atoms with Crippen molar-refractivity contribution in [3.63, 3.8) is 0 Å². The molecule has 1 aromatic heterocycles. The van der Waals surface area contributed by atoms with Crippen LogP contribution in [0.4, 0.5) is 0 Å². The molecule has 5 heteroatoms. The molecule has 0 saturated carbocycles. The zero-order chi connectivity index (χ0) is 16.0. The van der Waals surface area contributed by atoms with E-state index in [9.17, 15) is 9.90 Å². The number of allylic oxidation sites excluding steroid dienone is 1. The van der Waals surface area contributed by atoms with Crippen molar-refractivity contribution in [2.45, 2.75) is 24.9 Å². The third-order valence-corrected chi connectivity index (χ3v) is 5.10. The first kappa shape index (κ1) is 15.3. The minimum absolute atomic E-state index is 0.0980. The van der Waals surface area contributed by atoms with Gasteiger partial charge in [-0.25, -0.2) is 0 Å². The summed E-state index contributed by atoms with van der Waals surface area (Å²) in [5.41, 5.74) is 2.48. The monoisotopic (exact) mass is 334 g/mol. The van der Waals surface area contributed by atoms with Gasteiger partial charge in [0.25, 0.3) is 0 Å². The van der Waals surface area contributed by atoms with Gasteiger partial charge in [-0.2, -0.15) is 0 Å². The van der Waals surface area contributed by atoms with Crippen molar-refractivity contribution in [2.24, 2.45) is 0 Å². The summed E-state index contributed by atoms with van der Waals surface area (Å²) in [6.07, 6.45) is 0. The summed E-state index contributed by atoms with van der Waals surface area (Å²) < 4.78 is 5.63. The Bertz CT molecular complexity index is 839. The minimum Gasteiger partial charge on any atom is -0.507 e. The Morgan fingerprint density at radius 1 is 1.36 bits per heavy atom. The molecule has 2 aromatic rings. The lowest BCUT2D eigenvalue weighted by Crippen LogP contribution is -2.18. The second kappa shape index (κ2) is 5.52. The minimum atomic E-state index is -0.166. The molecule has 0 fully saturated rings. The van der Waals surface area contributed by atoms with Crippen molar-refractivity contribution in [3.05, 3.63) is 62.5 Å². The molecule has 22 heavy (non-hydrogen) atoms. The molecule has 1 N–H and O–H groups in total. The van der Waals surface area contributed by atoms with Crippen LogP contribution < -0.4 is 5.43 Å². The summed E-state index contributed by atoms with van der Waals surface area (Å²) in [6.45, 7) is 7.63. The fraction of sp³-hybridized carbons (Fsp3) is 0.235. The molecule has 1 aliphatic heterocycles. The Hall–Kier alpha value is -1.65. The van der Waals surface area contributed by atoms with Gasteiger partial charge in [0.1, 0.15) is 11.5 Å². The second-order valence-electron chi connectivity index (χ2n) is 5.43. The van der Waals surface area contributed by atoms with E-state index >= 15 is 0 Å². The van der Waals surface area contributed by atoms with Crippen molar-refractivity contribution in [1.82, 2.24) is 0 Å². The molecule has 2 heterocycles. The van der Waals surface area contributed by atoms with Crippen molar-refractivity contribution >= 4 is 28.9 Å². The number of aryl methyl sites for hydroxylation is 2. The number of benzene rings is 1. The number of phenols is 1. The van der Waals surface area contributed by atoms with Crippen LogP contribution in [0.25, 0.3) is 5.57 Å². The molecule has 3 nitrogen and oxygen atoms in total. The number of hydrogen-bond donors (Lipinski definition) is 1. The van der Waals surface area contributed by atoms with E-state index in [-0.39, 0.29) is 17.1 Å². The molecular weight excluding hydrogens is 320 g/mol. The average molecular weight is 335 g/mol. The number of phenolic OH excluding ortho intramolecular Hbond substituents is 1. The molecule has 1 aliphatic rings. The van der Waals surface area contributed by atoms with E-state index in [0.717, 1.165) is 0 Å². The van der Waals surface area contributed by atoms with E-state index < -0.39 is 0 Å². The molecule has 0 radical (unpaired) electrons. The summed E-state index contributed by atoms with van der Waals surface area (Å²) in [7, 11) is 0. The molecular formula is C17H15ClO3S. The Kier molecular flexibility index (Phi) is 3.83. The normalized spacial score (nSPS) is 17.4. The highest BCUT2D eigenvalue weighted by Gasteiger charge is 2.30. The first-order chi connectivity index (χ1) is 10.4. The number of hydrogen-bond acceptors (Lipinski definition) is 4. The quantitative estimate of drug-likeness (QED) is 0.833. The predicted molar refractivity (Wildman–Crippen MR) is 90.1 cm³/mol. The molecule has 0 spiro atoms. The van der Waals surface area contributed by atoms with Crippen LogP contribution in [0.2, 0.25) is 5.02 Å². The van der Waals surface area contributed by atoms with Gasteiger partial charge in [0.05, 0.1) is 5.56 Å². The third kappa shape index (κ3) is 2.46. The highest BCUT2D eigenvalue weighted by molar-refractivity contribution is 7.99. The van der Waals surface area contributed by atoms with Crippen LogP contribution in [-0.2, 0) is 0 Å². The smallest absolute Gasteiger partial charge is 0.193 e. The van der Waals surface area contributed by atoms with Crippen LogP contribution in [0.1, 0.15) is 28.4 Å². The molecule has 3 rings (SSSR count). The van der Waals surface area contributed by atoms with Gasteiger partial charge in [-0.05, 0) is 37.1 Å². The Morgan fingerprint density at radius 3 is 2.82 bits per heavy atom. The Labute approximate surface area is 137 Å². The zero-order valence-electron chi connectivity index (χ0n) is 12.3. The van der Waals surface area contributed by atoms with E-state index in [0.29, 0.717) is 43.9 Å². The molecule has 0 aliphatic carbocycles. The first-order valence-corrected chi connectivity index (χ1v) is 8.20. The third-order valence-electron chi connectivity index (χ3n) is 3.83. The second-order valence-corrected chi connectivity index (χ2v) is 6.86. The first-order valence-electron chi connectivity index (χ1n) is 6.84. The molecule has 0 amide bonds. The van der Waals surface area contributed by atoms with Gasteiger partial charge in [-0.15, -0.1) is 0 Å². The van der Waals surface area contributed by atoms with Crippen LogP contribution in [0, 0.1) is 13.8 Å². The topological polar surface area (TPSA) is 50.4 Å². The number of halogens is 1. The highest BCUT2D eigenvalue weighted by atomic mass is 35.5. The van der Waals surface area contributed by atoms with E-state index in [1.807, 2.05) is 0 Å². The van der Waals surface area contributed by atoms with Crippen LogP contribution in [0.5, 0.6) is 5.75 Å². The fourth-order valence-electron chi connectivity index (χ4n) is 2.71. The van der Waals surface area contributed by atoms with Crippen molar-refractivity contribution in [2.75, 3.05) is 5.75 Å². The lowest BCUT2D eigenvalue weighted by atomic mass is 9.88. The summed E-state index contributed by atoms with van der Waals surface area (Å²) in [4.78, 5) is 12.3. The van der Waals surface area contributed by atoms with Gasteiger partial charge in [0.15, 0.2) is 10.5 Å². The van der Waals surface area contributed by atoms with Crippen molar-refractivity contribution < 1.29 is 9.52 Å². The number of fused-ring (bicyclic) bond motifs is 1. The van der Waals surface area contributed by atoms with Crippen LogP contribution in [-0.4, -0.2) is 10.9 Å². The van der Waals surface area contributed by atoms with Gasteiger partial charge >= 0.3 is 0 Å². The van der Waals surface area contributed by atoms with Crippen LogP contribution in [0.3, 0.4) is 0 Å². The standard InChI is InChI=1S/C17H15ClO3S/c1-8-4-11(18)6-12(16(8)20)13-7-22-17-15(10(13)3)14(19)5-9(2)21-17/h4-6,13,20H,3,7H2,1-2H3. The van der Waals surface area contributed by atoms with Gasteiger partial charge in [-0.3, -0.25) is 4.79 Å². The highest BCUT2D eigenvalue weighted by Crippen LogP contribution is 2.46. The van der Waals surface area contributed by atoms with Crippen molar-refractivity contribution in [3.8, 4) is 5.75 Å². The molecule has 114 valence electrons. The van der Waals surface area contributed by atoms with E-state index in [4.69, 9.17) is 16.0 Å². The number of rotatable bonds is 1.